The second-order valence-electron chi connectivity index (χ2n) is 7.86. The van der Waals surface area contributed by atoms with Gasteiger partial charge in [-0.25, -0.2) is 8.42 Å². The van der Waals surface area contributed by atoms with E-state index in [9.17, 15) is 26.4 Å². The number of amides is 1. The zero-order valence-corrected chi connectivity index (χ0v) is 18.4. The van der Waals surface area contributed by atoms with Gasteiger partial charge in [0, 0.05) is 11.3 Å². The quantitative estimate of drug-likeness (QED) is 0.499. The molecule has 0 fully saturated rings. The predicted molar refractivity (Wildman–Crippen MR) is 118 cm³/mol. The molecule has 1 amide bonds. The molecule has 0 aromatic heterocycles. The molecule has 6 nitrogen and oxygen atoms in total. The molecule has 1 aliphatic rings. The summed E-state index contributed by atoms with van der Waals surface area (Å²) >= 11 is 0. The van der Waals surface area contributed by atoms with E-state index in [0.29, 0.717) is 16.8 Å². The molecule has 0 unspecified atom stereocenters. The maximum Gasteiger partial charge on any atom is 0.416 e. The summed E-state index contributed by atoms with van der Waals surface area (Å²) in [6.45, 7) is 3.84. The van der Waals surface area contributed by atoms with Crippen molar-refractivity contribution in [2.45, 2.75) is 31.1 Å². The van der Waals surface area contributed by atoms with Crippen molar-refractivity contribution >= 4 is 27.3 Å². The zero-order valence-electron chi connectivity index (χ0n) is 17.6. The third-order valence-electron chi connectivity index (χ3n) is 5.16. The lowest BCUT2D eigenvalue weighted by molar-refractivity contribution is -0.137. The minimum absolute atomic E-state index is 0.148. The van der Waals surface area contributed by atoms with E-state index in [1.54, 1.807) is 0 Å². The number of anilines is 2. The van der Waals surface area contributed by atoms with E-state index in [1.807, 2.05) is 32.0 Å². The van der Waals surface area contributed by atoms with Gasteiger partial charge in [-0.05, 0) is 73.0 Å². The zero-order chi connectivity index (χ0) is 24.0. The number of nitrogens with one attached hydrogen (secondary N) is 3. The summed E-state index contributed by atoms with van der Waals surface area (Å²) in [6.07, 6.45) is -5.60. The third kappa shape index (κ3) is 4.86. The molecule has 0 radical (unpaired) electrons. The highest BCUT2D eigenvalue weighted by molar-refractivity contribution is 7.89. The van der Waals surface area contributed by atoms with Gasteiger partial charge in [0.1, 0.15) is 11.1 Å². The molecule has 33 heavy (non-hydrogen) atoms. The lowest BCUT2D eigenvalue weighted by atomic mass is 10.1. The molecule has 3 aromatic carbocycles. The molecule has 1 aliphatic heterocycles. The highest BCUT2D eigenvalue weighted by Gasteiger charge is 2.35. The fourth-order valence-corrected chi connectivity index (χ4v) is 4.97. The topological polar surface area (TPSA) is 87.3 Å². The fraction of sp³-hybridized carbons (Fsp3) is 0.174. The molecule has 0 aliphatic carbocycles. The molecule has 172 valence electrons. The smallest absolute Gasteiger partial charge is 0.364 e. The molecule has 0 saturated heterocycles. The van der Waals surface area contributed by atoms with Crippen LogP contribution in [-0.2, 0) is 16.2 Å². The van der Waals surface area contributed by atoms with Crippen LogP contribution < -0.4 is 15.4 Å². The van der Waals surface area contributed by atoms with Gasteiger partial charge in [-0.1, -0.05) is 18.2 Å². The van der Waals surface area contributed by atoms with E-state index in [0.717, 1.165) is 29.3 Å². The molecule has 4 rings (SSSR count). The number of sulfonamides is 1. The minimum Gasteiger partial charge on any atom is -0.364 e. The molecule has 0 spiro atoms. The molecule has 1 atom stereocenters. The Morgan fingerprint density at radius 3 is 2.18 bits per heavy atom. The SMILES string of the molecule is Cc1cc(C)cc(NC(=O)c2ccc([C@@H]3Nc4cc(C(F)(F)F)ccc4S(=O)(=O)N3)cc2)c1. The van der Waals surface area contributed by atoms with Crippen LogP contribution in [0.4, 0.5) is 24.5 Å². The first-order valence-electron chi connectivity index (χ1n) is 9.92. The first-order chi connectivity index (χ1) is 15.4. The maximum atomic E-state index is 13.1. The first kappa shape index (κ1) is 22.8. The predicted octanol–water partition coefficient (Wildman–Crippen LogP) is 4.98. The summed E-state index contributed by atoms with van der Waals surface area (Å²) < 4.78 is 66.7. The van der Waals surface area contributed by atoms with Crippen molar-refractivity contribution in [1.82, 2.24) is 4.72 Å². The highest BCUT2D eigenvalue weighted by Crippen LogP contribution is 2.37. The number of benzene rings is 3. The number of carbonyl (C=O) groups is 1. The molecule has 3 aromatic rings. The van der Waals surface area contributed by atoms with Gasteiger partial charge in [-0.2, -0.15) is 17.9 Å². The van der Waals surface area contributed by atoms with Crippen molar-refractivity contribution in [3.05, 3.63) is 88.5 Å². The molecule has 3 N–H and O–H groups in total. The Bertz CT molecular complexity index is 1320. The highest BCUT2D eigenvalue weighted by atomic mass is 32.2. The van der Waals surface area contributed by atoms with Crippen LogP contribution in [0.3, 0.4) is 0 Å². The number of carbonyl (C=O) groups excluding carboxylic acids is 1. The van der Waals surface area contributed by atoms with E-state index in [-0.39, 0.29) is 16.5 Å². The molecular weight excluding hydrogens is 455 g/mol. The molecule has 10 heteroatoms. The van der Waals surface area contributed by atoms with Gasteiger partial charge >= 0.3 is 6.18 Å². The summed E-state index contributed by atoms with van der Waals surface area (Å²) in [6, 6.07) is 14.2. The average Bonchev–Trinajstić information content (AvgIpc) is 2.71. The largest absolute Gasteiger partial charge is 0.416 e. The van der Waals surface area contributed by atoms with Crippen LogP contribution >= 0.6 is 0 Å². The number of alkyl halides is 3. The lowest BCUT2D eigenvalue weighted by Gasteiger charge is -2.29. The van der Waals surface area contributed by atoms with Crippen LogP contribution in [0.1, 0.15) is 38.8 Å². The van der Waals surface area contributed by atoms with Crippen molar-refractivity contribution in [3.63, 3.8) is 0 Å². The van der Waals surface area contributed by atoms with Crippen LogP contribution in [0.15, 0.2) is 65.6 Å². The van der Waals surface area contributed by atoms with Gasteiger partial charge in [0.15, 0.2) is 0 Å². The van der Waals surface area contributed by atoms with Gasteiger partial charge in [-0.3, -0.25) is 4.79 Å². The van der Waals surface area contributed by atoms with Crippen LogP contribution in [-0.4, -0.2) is 14.3 Å². The number of hydrogen-bond donors (Lipinski definition) is 3. The first-order valence-corrected chi connectivity index (χ1v) is 11.4. The molecule has 0 saturated carbocycles. The number of fused-ring (bicyclic) bond motifs is 1. The van der Waals surface area contributed by atoms with Crippen LogP contribution in [0.5, 0.6) is 0 Å². The third-order valence-corrected chi connectivity index (χ3v) is 6.64. The number of hydrogen-bond acceptors (Lipinski definition) is 4. The maximum absolute atomic E-state index is 13.1. The summed E-state index contributed by atoms with van der Waals surface area (Å²) in [5, 5.41) is 5.60. The molecule has 0 bridgehead atoms. The minimum atomic E-state index is -4.61. The van der Waals surface area contributed by atoms with Crippen molar-refractivity contribution in [3.8, 4) is 0 Å². The van der Waals surface area contributed by atoms with Crippen molar-refractivity contribution in [1.29, 1.82) is 0 Å². The Morgan fingerprint density at radius 2 is 1.58 bits per heavy atom. The van der Waals surface area contributed by atoms with Crippen LogP contribution in [0.2, 0.25) is 0 Å². The average molecular weight is 475 g/mol. The molecular formula is C23H20F3N3O3S. The fourth-order valence-electron chi connectivity index (χ4n) is 3.69. The Kier molecular flexibility index (Phi) is 5.67. The Balaban J connectivity index is 1.56. The van der Waals surface area contributed by atoms with Gasteiger partial charge in [-0.15, -0.1) is 0 Å². The Morgan fingerprint density at radius 1 is 0.939 bits per heavy atom. The Hall–Kier alpha value is -3.37. The number of rotatable bonds is 3. The standard InChI is InChI=1S/C23H20F3N3O3S/c1-13-9-14(2)11-18(10-13)27-22(30)16-5-3-15(4-6-16)21-28-19-12-17(23(24,25)26)7-8-20(19)33(31,32)29-21/h3-12,21,28-29H,1-2H3,(H,27,30)/t21-/m1/s1. The molecule has 1 heterocycles. The van der Waals surface area contributed by atoms with E-state index in [1.165, 1.54) is 24.3 Å². The van der Waals surface area contributed by atoms with Gasteiger partial charge in [0.2, 0.25) is 10.0 Å². The van der Waals surface area contributed by atoms with Crippen molar-refractivity contribution < 1.29 is 26.4 Å². The number of aryl methyl sites for hydroxylation is 2. The summed E-state index contributed by atoms with van der Waals surface area (Å²) in [5.41, 5.74) is 2.34. The summed E-state index contributed by atoms with van der Waals surface area (Å²) in [5.74, 6) is -0.344. The van der Waals surface area contributed by atoms with Gasteiger partial charge in [0.05, 0.1) is 11.3 Å². The Labute approximate surface area is 188 Å². The van der Waals surface area contributed by atoms with Gasteiger partial charge in [0.25, 0.3) is 5.91 Å². The lowest BCUT2D eigenvalue weighted by Crippen LogP contribution is -2.38. The second kappa shape index (κ2) is 8.20. The van der Waals surface area contributed by atoms with E-state index in [4.69, 9.17) is 0 Å². The van der Waals surface area contributed by atoms with Gasteiger partial charge < -0.3 is 10.6 Å². The summed E-state index contributed by atoms with van der Waals surface area (Å²) in [4.78, 5) is 12.3. The van der Waals surface area contributed by atoms with E-state index >= 15 is 0 Å². The second-order valence-corrected chi connectivity index (χ2v) is 9.54. The van der Waals surface area contributed by atoms with Crippen molar-refractivity contribution in [2.24, 2.45) is 0 Å². The number of halogens is 3. The van der Waals surface area contributed by atoms with Crippen LogP contribution in [0, 0.1) is 13.8 Å². The van der Waals surface area contributed by atoms with E-state index in [2.05, 4.69) is 15.4 Å². The van der Waals surface area contributed by atoms with Crippen molar-refractivity contribution in [2.75, 3.05) is 10.6 Å². The van der Waals surface area contributed by atoms with E-state index < -0.39 is 27.9 Å². The van der Waals surface area contributed by atoms with Crippen LogP contribution in [0.25, 0.3) is 0 Å². The normalized spacial score (nSPS) is 17.1. The monoisotopic (exact) mass is 475 g/mol. The summed E-state index contributed by atoms with van der Waals surface area (Å²) in [7, 11) is -4.04.